The highest BCUT2D eigenvalue weighted by Crippen LogP contribution is 2.15. The van der Waals surface area contributed by atoms with Gasteiger partial charge in [-0.1, -0.05) is 134 Å². The number of ether oxygens (including phenoxy) is 1. The molecule has 0 aromatic rings. The molecule has 0 aliphatic heterocycles. The van der Waals surface area contributed by atoms with Gasteiger partial charge in [-0.15, -0.1) is 0 Å². The van der Waals surface area contributed by atoms with Crippen LogP contribution in [0.5, 0.6) is 0 Å². The average molecular weight is 467 g/mol. The number of carbonyl (C=O) groups excluding carboxylic acids is 1. The van der Waals surface area contributed by atoms with Gasteiger partial charge < -0.3 is 9.84 Å². The van der Waals surface area contributed by atoms with Gasteiger partial charge in [0, 0.05) is 12.5 Å². The Hall–Kier alpha value is -1.32. The van der Waals surface area contributed by atoms with Gasteiger partial charge in [-0.3, -0.25) is 4.79 Å². The Balaban J connectivity index is 3.07. The van der Waals surface area contributed by atoms with Crippen molar-refractivity contribution in [3.8, 4) is 0 Å². The molecule has 0 aromatic heterocycles. The highest BCUT2D eigenvalue weighted by atomic mass is 16.5. The van der Waals surface area contributed by atoms with Gasteiger partial charge >= 0.3 is 11.9 Å². The first-order valence-corrected chi connectivity index (χ1v) is 14.1. The number of esters is 1. The smallest absolute Gasteiger partial charge is 0.330 e. The molecular weight excluding hydrogens is 412 g/mol. The van der Waals surface area contributed by atoms with Crippen LogP contribution in [-0.2, 0) is 14.3 Å². The molecule has 0 rings (SSSR count). The molecule has 0 heterocycles. The second-order valence-electron chi connectivity index (χ2n) is 9.64. The predicted molar refractivity (Wildman–Crippen MR) is 140 cm³/mol. The maximum Gasteiger partial charge on any atom is 0.330 e. The Morgan fingerprint density at radius 3 is 1.15 bits per heavy atom. The minimum atomic E-state index is -0.659. The van der Waals surface area contributed by atoms with Crippen LogP contribution in [0.25, 0.3) is 0 Å². The van der Waals surface area contributed by atoms with Crippen molar-refractivity contribution in [2.75, 3.05) is 7.11 Å². The summed E-state index contributed by atoms with van der Waals surface area (Å²) in [6, 6.07) is 0. The number of hydrogen-bond acceptors (Lipinski definition) is 3. The zero-order chi connectivity index (χ0) is 24.2. The van der Waals surface area contributed by atoms with Gasteiger partial charge in [0.25, 0.3) is 0 Å². The van der Waals surface area contributed by atoms with Crippen molar-refractivity contribution in [1.82, 2.24) is 0 Å². The van der Waals surface area contributed by atoms with Crippen molar-refractivity contribution in [3.05, 3.63) is 12.2 Å². The molecule has 0 unspecified atom stereocenters. The molecule has 0 bridgehead atoms. The maximum atomic E-state index is 10.9. The van der Waals surface area contributed by atoms with E-state index in [0.717, 1.165) is 19.3 Å². The van der Waals surface area contributed by atoms with Crippen molar-refractivity contribution < 1.29 is 19.4 Å². The first-order chi connectivity index (χ1) is 16.2. The van der Waals surface area contributed by atoms with E-state index in [9.17, 15) is 9.59 Å². The molecule has 194 valence electrons. The Kier molecular flexibility index (Phi) is 25.9. The first kappa shape index (κ1) is 31.7. The Morgan fingerprint density at radius 2 is 0.848 bits per heavy atom. The van der Waals surface area contributed by atoms with Gasteiger partial charge in [0.2, 0.25) is 0 Å². The fourth-order valence-electron chi connectivity index (χ4n) is 4.32. The molecule has 0 atom stereocenters. The number of hydrogen-bond donors (Lipinski definition) is 1. The number of aliphatic carboxylic acids is 1. The second kappa shape index (κ2) is 26.9. The number of unbranched alkanes of at least 4 members (excludes halogenated alkanes) is 22. The van der Waals surface area contributed by atoms with Crippen molar-refractivity contribution in [1.29, 1.82) is 0 Å². The van der Waals surface area contributed by atoms with E-state index in [-0.39, 0.29) is 5.97 Å². The van der Waals surface area contributed by atoms with E-state index in [1.165, 1.54) is 142 Å². The SMILES string of the molecule is COC(=O)C=CCCCCCCCCCCCCCCCCCCCCCCCCC(=O)O. The summed E-state index contributed by atoms with van der Waals surface area (Å²) in [6.45, 7) is 0. The summed E-state index contributed by atoms with van der Waals surface area (Å²) >= 11 is 0. The summed E-state index contributed by atoms with van der Waals surface area (Å²) in [5.74, 6) is -0.912. The molecule has 0 spiro atoms. The van der Waals surface area contributed by atoms with Crippen LogP contribution in [0.2, 0.25) is 0 Å². The molecule has 0 radical (unpaired) electrons. The minimum Gasteiger partial charge on any atom is -0.481 e. The van der Waals surface area contributed by atoms with Crippen LogP contribution in [-0.4, -0.2) is 24.2 Å². The number of carboxylic acids is 1. The highest BCUT2D eigenvalue weighted by molar-refractivity contribution is 5.81. The fraction of sp³-hybridized carbons (Fsp3) is 0.862. The molecule has 0 saturated carbocycles. The zero-order valence-corrected chi connectivity index (χ0v) is 21.8. The topological polar surface area (TPSA) is 63.6 Å². The van der Waals surface area contributed by atoms with Gasteiger partial charge in [0.15, 0.2) is 0 Å². The lowest BCUT2D eigenvalue weighted by atomic mass is 10.0. The standard InChI is InChI=1S/C29H54O4/c1-33-29(32)27-25-23-21-19-17-15-13-11-9-7-5-3-2-4-6-8-10-12-14-16-18-20-22-24-26-28(30)31/h25,27H,2-24,26H2,1H3,(H,30,31). The number of methoxy groups -OCH3 is 1. The molecular formula is C29H54O4. The van der Waals surface area contributed by atoms with Crippen LogP contribution < -0.4 is 0 Å². The molecule has 0 fully saturated rings. The van der Waals surface area contributed by atoms with Crippen LogP contribution in [0.1, 0.15) is 154 Å². The summed E-state index contributed by atoms with van der Waals surface area (Å²) in [7, 11) is 1.41. The first-order valence-electron chi connectivity index (χ1n) is 14.1. The summed E-state index contributed by atoms with van der Waals surface area (Å²) in [4.78, 5) is 21.4. The maximum absolute atomic E-state index is 10.9. The summed E-state index contributed by atoms with van der Waals surface area (Å²) < 4.78 is 4.57. The molecule has 0 aromatic carbocycles. The summed E-state index contributed by atoms with van der Waals surface area (Å²) in [6.07, 6.45) is 33.8. The third-order valence-corrected chi connectivity index (χ3v) is 6.47. The van der Waals surface area contributed by atoms with Gasteiger partial charge in [-0.05, 0) is 19.3 Å². The average Bonchev–Trinajstić information content (AvgIpc) is 2.80. The largest absolute Gasteiger partial charge is 0.481 e. The zero-order valence-electron chi connectivity index (χ0n) is 21.8. The fourth-order valence-corrected chi connectivity index (χ4v) is 4.32. The van der Waals surface area contributed by atoms with Crippen molar-refractivity contribution in [2.24, 2.45) is 0 Å². The quantitative estimate of drug-likeness (QED) is 0.0784. The Morgan fingerprint density at radius 1 is 0.545 bits per heavy atom. The molecule has 4 nitrogen and oxygen atoms in total. The van der Waals surface area contributed by atoms with Crippen molar-refractivity contribution in [2.45, 2.75) is 154 Å². The lowest BCUT2D eigenvalue weighted by molar-refractivity contribution is -0.137. The molecule has 1 N–H and O–H groups in total. The third-order valence-electron chi connectivity index (χ3n) is 6.47. The van der Waals surface area contributed by atoms with Crippen LogP contribution in [0.4, 0.5) is 0 Å². The van der Waals surface area contributed by atoms with Crippen molar-refractivity contribution >= 4 is 11.9 Å². The Labute approximate surface area is 204 Å². The lowest BCUT2D eigenvalue weighted by Crippen LogP contribution is -1.93. The molecule has 0 aliphatic carbocycles. The van der Waals surface area contributed by atoms with E-state index < -0.39 is 5.97 Å². The van der Waals surface area contributed by atoms with Crippen LogP contribution in [0, 0.1) is 0 Å². The van der Waals surface area contributed by atoms with E-state index >= 15 is 0 Å². The van der Waals surface area contributed by atoms with E-state index in [4.69, 9.17) is 5.11 Å². The van der Waals surface area contributed by atoms with Crippen molar-refractivity contribution in [3.63, 3.8) is 0 Å². The molecule has 0 aliphatic rings. The van der Waals surface area contributed by atoms with E-state index in [1.54, 1.807) is 0 Å². The number of allylic oxidation sites excluding steroid dienone is 1. The van der Waals surface area contributed by atoms with E-state index in [1.807, 2.05) is 6.08 Å². The van der Waals surface area contributed by atoms with E-state index in [2.05, 4.69) is 4.74 Å². The van der Waals surface area contributed by atoms with E-state index in [0.29, 0.717) is 6.42 Å². The predicted octanol–water partition coefficient (Wildman–Crippen LogP) is 9.16. The second-order valence-corrected chi connectivity index (χ2v) is 9.64. The number of carboxylic acid groups (broad SMARTS) is 1. The van der Waals surface area contributed by atoms with Gasteiger partial charge in [0.1, 0.15) is 0 Å². The Bertz CT molecular complexity index is 459. The number of rotatable bonds is 26. The number of carbonyl (C=O) groups is 2. The van der Waals surface area contributed by atoms with Crippen LogP contribution in [0.3, 0.4) is 0 Å². The highest BCUT2D eigenvalue weighted by Gasteiger charge is 1.98. The molecule has 0 amide bonds. The van der Waals surface area contributed by atoms with Gasteiger partial charge in [-0.25, -0.2) is 4.79 Å². The van der Waals surface area contributed by atoms with Crippen LogP contribution >= 0.6 is 0 Å². The minimum absolute atomic E-state index is 0.253. The summed E-state index contributed by atoms with van der Waals surface area (Å²) in [5, 5.41) is 8.60. The normalized spacial score (nSPS) is 11.3. The third kappa shape index (κ3) is 28.6. The summed E-state index contributed by atoms with van der Waals surface area (Å²) in [5.41, 5.74) is 0. The molecule has 0 saturated heterocycles. The lowest BCUT2D eigenvalue weighted by Gasteiger charge is -2.04. The molecule has 33 heavy (non-hydrogen) atoms. The van der Waals surface area contributed by atoms with Gasteiger partial charge in [0.05, 0.1) is 7.11 Å². The molecule has 4 heteroatoms. The van der Waals surface area contributed by atoms with Gasteiger partial charge in [-0.2, -0.15) is 0 Å². The monoisotopic (exact) mass is 466 g/mol. The van der Waals surface area contributed by atoms with Crippen LogP contribution in [0.15, 0.2) is 12.2 Å².